The van der Waals surface area contributed by atoms with Gasteiger partial charge in [0.15, 0.2) is 0 Å². The Bertz CT molecular complexity index is 235. The van der Waals surface area contributed by atoms with Crippen LogP contribution >= 0.6 is 0 Å². The van der Waals surface area contributed by atoms with Crippen LogP contribution in [0.25, 0.3) is 0 Å². The Labute approximate surface area is 74.9 Å². The van der Waals surface area contributed by atoms with Crippen molar-refractivity contribution in [3.63, 3.8) is 0 Å². The minimum atomic E-state index is -0.975. The zero-order valence-corrected chi connectivity index (χ0v) is 7.01. The highest BCUT2D eigenvalue weighted by Gasteiger charge is 2.58. The van der Waals surface area contributed by atoms with Gasteiger partial charge in [0, 0.05) is 0 Å². The Hall–Kier alpha value is -0.650. The lowest BCUT2D eigenvalue weighted by Crippen LogP contribution is -2.48. The quantitative estimate of drug-likeness (QED) is 0.458. The minimum absolute atomic E-state index is 0.113. The van der Waals surface area contributed by atoms with Gasteiger partial charge in [0.05, 0.1) is 18.6 Å². The summed E-state index contributed by atoms with van der Waals surface area (Å²) in [5, 5.41) is 27.6. The van der Waals surface area contributed by atoms with Gasteiger partial charge in [0.25, 0.3) is 0 Å². The predicted octanol–water partition coefficient (Wildman–Crippen LogP) is -1.03. The molecular weight excluding hydrogens is 176 g/mol. The molecule has 2 aliphatic rings. The van der Waals surface area contributed by atoms with Gasteiger partial charge in [-0.15, -0.1) is 0 Å². The molecule has 0 amide bonds. The van der Waals surface area contributed by atoms with Crippen LogP contribution < -0.4 is 0 Å². The van der Waals surface area contributed by atoms with E-state index in [1.165, 1.54) is 0 Å². The van der Waals surface area contributed by atoms with E-state index < -0.39 is 29.7 Å². The van der Waals surface area contributed by atoms with Crippen LogP contribution in [0.15, 0.2) is 0 Å². The molecule has 0 radical (unpaired) electrons. The van der Waals surface area contributed by atoms with E-state index in [1.807, 2.05) is 0 Å². The van der Waals surface area contributed by atoms with E-state index >= 15 is 0 Å². The van der Waals surface area contributed by atoms with Crippen LogP contribution in [0.3, 0.4) is 0 Å². The number of carboxylic acids is 1. The molecular formula is C8H12O5. The van der Waals surface area contributed by atoms with Crippen LogP contribution in [0, 0.1) is 5.92 Å². The van der Waals surface area contributed by atoms with Crippen LogP contribution in [0.1, 0.15) is 12.8 Å². The average Bonchev–Trinajstić information content (AvgIpc) is 2.81. The van der Waals surface area contributed by atoms with Gasteiger partial charge in [-0.3, -0.25) is 4.79 Å². The van der Waals surface area contributed by atoms with Crippen LogP contribution in [-0.2, 0) is 9.53 Å². The summed E-state index contributed by atoms with van der Waals surface area (Å²) < 4.78 is 5.03. The first kappa shape index (κ1) is 8.93. The van der Waals surface area contributed by atoms with Gasteiger partial charge < -0.3 is 20.1 Å². The van der Waals surface area contributed by atoms with Gasteiger partial charge in [0.2, 0.25) is 0 Å². The molecule has 0 aromatic rings. The molecule has 0 bridgehead atoms. The van der Waals surface area contributed by atoms with Gasteiger partial charge in [-0.2, -0.15) is 0 Å². The number of aliphatic hydroxyl groups excluding tert-OH is 2. The maximum Gasteiger partial charge on any atom is 0.306 e. The lowest BCUT2D eigenvalue weighted by Gasteiger charge is -2.32. The highest BCUT2D eigenvalue weighted by atomic mass is 16.6. The van der Waals surface area contributed by atoms with E-state index in [0.717, 1.165) is 0 Å². The summed E-state index contributed by atoms with van der Waals surface area (Å²) in [5.74, 6) is -1.53. The first-order valence-corrected chi connectivity index (χ1v) is 4.28. The largest absolute Gasteiger partial charge is 0.481 e. The normalized spacial score (nSPS) is 49.2. The average molecular weight is 188 g/mol. The Morgan fingerprint density at radius 3 is 2.54 bits per heavy atom. The van der Waals surface area contributed by atoms with E-state index in [9.17, 15) is 15.0 Å². The first-order chi connectivity index (χ1) is 6.05. The molecule has 4 unspecified atom stereocenters. The molecule has 1 heterocycles. The van der Waals surface area contributed by atoms with E-state index in [2.05, 4.69) is 0 Å². The molecule has 1 aliphatic heterocycles. The number of carbonyl (C=O) groups is 1. The fraction of sp³-hybridized carbons (Fsp3) is 0.875. The molecule has 74 valence electrons. The van der Waals surface area contributed by atoms with Crippen molar-refractivity contribution in [2.75, 3.05) is 6.61 Å². The molecule has 0 aromatic carbocycles. The summed E-state index contributed by atoms with van der Waals surface area (Å²) >= 11 is 0. The predicted molar refractivity (Wildman–Crippen MR) is 41.1 cm³/mol. The molecule has 1 saturated heterocycles. The number of aliphatic carboxylic acids is 1. The van der Waals surface area contributed by atoms with Crippen LogP contribution in [0.2, 0.25) is 0 Å². The standard InChI is InChI=1S/C8H12O5/c9-5-1-4(7(11)12)2-8(3-13-8)6(5)10/h4-6,9-10H,1-3H2,(H,11,12). The summed E-state index contributed by atoms with van der Waals surface area (Å²) in [6.07, 6.45) is -1.48. The Morgan fingerprint density at radius 2 is 2.08 bits per heavy atom. The van der Waals surface area contributed by atoms with Gasteiger partial charge >= 0.3 is 5.97 Å². The zero-order chi connectivity index (χ0) is 9.64. The maximum absolute atomic E-state index is 10.7. The summed E-state index contributed by atoms with van der Waals surface area (Å²) in [6.45, 7) is 0.356. The van der Waals surface area contributed by atoms with Crippen molar-refractivity contribution in [1.29, 1.82) is 0 Å². The molecule has 0 aromatic heterocycles. The third-order valence-electron chi connectivity index (χ3n) is 2.89. The molecule has 4 atom stereocenters. The van der Waals surface area contributed by atoms with Crippen molar-refractivity contribution in [2.24, 2.45) is 5.92 Å². The van der Waals surface area contributed by atoms with Gasteiger partial charge in [-0.25, -0.2) is 0 Å². The van der Waals surface area contributed by atoms with Gasteiger partial charge in [-0.1, -0.05) is 0 Å². The van der Waals surface area contributed by atoms with Crippen LogP contribution in [0.5, 0.6) is 0 Å². The Morgan fingerprint density at radius 1 is 1.46 bits per heavy atom. The van der Waals surface area contributed by atoms with Crippen molar-refractivity contribution in [2.45, 2.75) is 30.7 Å². The van der Waals surface area contributed by atoms with E-state index in [0.29, 0.717) is 13.0 Å². The third kappa shape index (κ3) is 1.33. The highest BCUT2D eigenvalue weighted by molar-refractivity contribution is 5.70. The van der Waals surface area contributed by atoms with Crippen molar-refractivity contribution < 1.29 is 24.9 Å². The molecule has 5 nitrogen and oxygen atoms in total. The summed E-state index contributed by atoms with van der Waals surface area (Å²) in [5.41, 5.74) is -0.763. The smallest absolute Gasteiger partial charge is 0.306 e. The number of hydrogen-bond donors (Lipinski definition) is 3. The van der Waals surface area contributed by atoms with Crippen molar-refractivity contribution in [3.8, 4) is 0 Å². The SMILES string of the molecule is O=C(O)C1CC(O)C(O)C2(CO2)C1. The molecule has 1 saturated carbocycles. The van der Waals surface area contributed by atoms with E-state index in [-0.39, 0.29) is 6.42 Å². The van der Waals surface area contributed by atoms with Gasteiger partial charge in [-0.05, 0) is 12.8 Å². The fourth-order valence-electron chi connectivity index (χ4n) is 1.96. The number of carboxylic acid groups (broad SMARTS) is 1. The van der Waals surface area contributed by atoms with Crippen molar-refractivity contribution in [1.82, 2.24) is 0 Å². The molecule has 1 spiro atoms. The van der Waals surface area contributed by atoms with Crippen molar-refractivity contribution >= 4 is 5.97 Å². The van der Waals surface area contributed by atoms with E-state index in [4.69, 9.17) is 9.84 Å². The van der Waals surface area contributed by atoms with Gasteiger partial charge in [0.1, 0.15) is 11.7 Å². The number of rotatable bonds is 1. The summed E-state index contributed by atoms with van der Waals surface area (Å²) in [7, 11) is 0. The number of hydrogen-bond acceptors (Lipinski definition) is 4. The molecule has 5 heteroatoms. The first-order valence-electron chi connectivity index (χ1n) is 4.28. The monoisotopic (exact) mass is 188 g/mol. The summed E-state index contributed by atoms with van der Waals surface area (Å²) in [6, 6.07) is 0. The molecule has 2 rings (SSSR count). The Kier molecular flexibility index (Phi) is 1.83. The molecule has 1 aliphatic carbocycles. The van der Waals surface area contributed by atoms with Crippen molar-refractivity contribution in [3.05, 3.63) is 0 Å². The molecule has 13 heavy (non-hydrogen) atoms. The lowest BCUT2D eigenvalue weighted by molar-refractivity contribution is -0.150. The van der Waals surface area contributed by atoms with E-state index in [1.54, 1.807) is 0 Å². The van der Waals surface area contributed by atoms with Crippen LogP contribution in [0.4, 0.5) is 0 Å². The number of ether oxygens (including phenoxy) is 1. The molecule has 3 N–H and O–H groups in total. The molecule has 2 fully saturated rings. The fourth-order valence-corrected chi connectivity index (χ4v) is 1.96. The second kappa shape index (κ2) is 2.67. The number of epoxide rings is 1. The second-order valence-corrected chi connectivity index (χ2v) is 3.84. The summed E-state index contributed by atoms with van der Waals surface area (Å²) in [4.78, 5) is 10.7. The van der Waals surface area contributed by atoms with Crippen LogP contribution in [-0.4, -0.2) is 45.7 Å². The Balaban J connectivity index is 2.11. The second-order valence-electron chi connectivity index (χ2n) is 3.84. The lowest BCUT2D eigenvalue weighted by atomic mass is 9.78. The minimum Gasteiger partial charge on any atom is -0.481 e. The topological polar surface area (TPSA) is 90.3 Å². The highest BCUT2D eigenvalue weighted by Crippen LogP contribution is 2.44. The third-order valence-corrected chi connectivity index (χ3v) is 2.89. The zero-order valence-electron chi connectivity index (χ0n) is 7.01. The number of aliphatic hydroxyl groups is 2. The maximum atomic E-state index is 10.7.